The summed E-state index contributed by atoms with van der Waals surface area (Å²) in [6.07, 6.45) is 2.29. The first-order valence-electron chi connectivity index (χ1n) is 5.65. The summed E-state index contributed by atoms with van der Waals surface area (Å²) in [5.74, 6) is 0.0150. The highest BCUT2D eigenvalue weighted by atomic mass is 16.3. The molecule has 0 atom stereocenters. The summed E-state index contributed by atoms with van der Waals surface area (Å²) < 4.78 is 0. The largest absolute Gasteiger partial charge is 0.395 e. The highest BCUT2D eigenvalue weighted by Crippen LogP contribution is 2.06. The number of hydrogen-bond donors (Lipinski definition) is 2. The number of benzene rings is 1. The van der Waals surface area contributed by atoms with Crippen LogP contribution in [0, 0.1) is 6.92 Å². The van der Waals surface area contributed by atoms with Gasteiger partial charge in [0.1, 0.15) is 0 Å². The van der Waals surface area contributed by atoms with E-state index in [1.807, 2.05) is 0 Å². The molecule has 0 bridgehead atoms. The molecule has 0 spiro atoms. The Kier molecular flexibility index (Phi) is 5.57. The van der Waals surface area contributed by atoms with Gasteiger partial charge in [0, 0.05) is 13.0 Å². The average molecular weight is 221 g/mol. The summed E-state index contributed by atoms with van der Waals surface area (Å²) in [7, 11) is 0. The monoisotopic (exact) mass is 221 g/mol. The predicted molar refractivity (Wildman–Crippen MR) is 64.2 cm³/mol. The van der Waals surface area contributed by atoms with E-state index in [4.69, 9.17) is 5.11 Å². The van der Waals surface area contributed by atoms with Crippen LogP contribution in [0.15, 0.2) is 24.3 Å². The molecule has 0 aliphatic rings. The van der Waals surface area contributed by atoms with Gasteiger partial charge in [-0.2, -0.15) is 0 Å². The van der Waals surface area contributed by atoms with Crippen LogP contribution in [0.3, 0.4) is 0 Å². The molecule has 1 rings (SSSR count). The lowest BCUT2D eigenvalue weighted by molar-refractivity contribution is -0.121. The molecule has 0 heterocycles. The summed E-state index contributed by atoms with van der Waals surface area (Å²) in [6.45, 7) is 2.42. The van der Waals surface area contributed by atoms with Gasteiger partial charge in [-0.15, -0.1) is 0 Å². The molecule has 1 aromatic rings. The zero-order valence-electron chi connectivity index (χ0n) is 9.70. The number of aryl methyl sites for hydroxylation is 2. The van der Waals surface area contributed by atoms with Crippen molar-refractivity contribution in [3.63, 3.8) is 0 Å². The van der Waals surface area contributed by atoms with Gasteiger partial charge in [-0.25, -0.2) is 0 Å². The fourth-order valence-electron chi connectivity index (χ4n) is 1.49. The van der Waals surface area contributed by atoms with E-state index < -0.39 is 0 Å². The van der Waals surface area contributed by atoms with Crippen molar-refractivity contribution in [2.24, 2.45) is 0 Å². The lowest BCUT2D eigenvalue weighted by atomic mass is 10.1. The summed E-state index contributed by atoms with van der Waals surface area (Å²) in [4.78, 5) is 11.2. The Bertz CT molecular complexity index is 319. The third kappa shape index (κ3) is 4.94. The minimum Gasteiger partial charge on any atom is -0.395 e. The topological polar surface area (TPSA) is 49.3 Å². The van der Waals surface area contributed by atoms with Gasteiger partial charge in [-0.05, 0) is 25.3 Å². The zero-order valence-corrected chi connectivity index (χ0v) is 9.70. The van der Waals surface area contributed by atoms with E-state index in [1.54, 1.807) is 0 Å². The normalized spacial score (nSPS) is 10.1. The number of aliphatic hydroxyl groups excluding tert-OH is 1. The van der Waals surface area contributed by atoms with Crippen molar-refractivity contribution < 1.29 is 9.90 Å². The number of amides is 1. The van der Waals surface area contributed by atoms with Crippen molar-refractivity contribution in [2.45, 2.75) is 26.2 Å². The highest BCUT2D eigenvalue weighted by Gasteiger charge is 2.00. The van der Waals surface area contributed by atoms with Crippen molar-refractivity contribution in [2.75, 3.05) is 13.2 Å². The number of aliphatic hydroxyl groups is 1. The van der Waals surface area contributed by atoms with E-state index in [2.05, 4.69) is 36.5 Å². The SMILES string of the molecule is Cc1ccc(CCCC(=O)NCCO)cc1. The molecule has 0 aliphatic heterocycles. The maximum Gasteiger partial charge on any atom is 0.220 e. The van der Waals surface area contributed by atoms with Crippen LogP contribution in [0.2, 0.25) is 0 Å². The van der Waals surface area contributed by atoms with Gasteiger partial charge >= 0.3 is 0 Å². The fourth-order valence-corrected chi connectivity index (χ4v) is 1.49. The van der Waals surface area contributed by atoms with Crippen molar-refractivity contribution >= 4 is 5.91 Å². The summed E-state index contributed by atoms with van der Waals surface area (Å²) in [5, 5.41) is 11.2. The minimum atomic E-state index is 0.00367. The minimum absolute atomic E-state index is 0.00367. The van der Waals surface area contributed by atoms with Crippen molar-refractivity contribution in [1.29, 1.82) is 0 Å². The Hall–Kier alpha value is -1.35. The molecule has 0 fully saturated rings. The van der Waals surface area contributed by atoms with Gasteiger partial charge in [0.25, 0.3) is 0 Å². The van der Waals surface area contributed by atoms with E-state index in [9.17, 15) is 4.79 Å². The van der Waals surface area contributed by atoms with Gasteiger partial charge < -0.3 is 10.4 Å². The molecular weight excluding hydrogens is 202 g/mol. The number of carbonyl (C=O) groups excluding carboxylic acids is 1. The zero-order chi connectivity index (χ0) is 11.8. The van der Waals surface area contributed by atoms with Crippen LogP contribution in [0.1, 0.15) is 24.0 Å². The lowest BCUT2D eigenvalue weighted by Crippen LogP contribution is -2.26. The van der Waals surface area contributed by atoms with Gasteiger partial charge in [0.2, 0.25) is 5.91 Å². The highest BCUT2D eigenvalue weighted by molar-refractivity contribution is 5.75. The van der Waals surface area contributed by atoms with E-state index in [-0.39, 0.29) is 12.5 Å². The van der Waals surface area contributed by atoms with Crippen LogP contribution >= 0.6 is 0 Å². The standard InChI is InChI=1S/C13H19NO2/c1-11-5-7-12(8-6-11)3-2-4-13(16)14-9-10-15/h5-8,15H,2-4,9-10H2,1H3,(H,14,16). The Morgan fingerprint density at radius 3 is 2.62 bits per heavy atom. The molecule has 88 valence electrons. The Balaban J connectivity index is 2.20. The van der Waals surface area contributed by atoms with Crippen LogP contribution in [-0.2, 0) is 11.2 Å². The Labute approximate surface area is 96.5 Å². The number of nitrogens with one attached hydrogen (secondary N) is 1. The molecule has 16 heavy (non-hydrogen) atoms. The lowest BCUT2D eigenvalue weighted by Gasteiger charge is -2.03. The van der Waals surface area contributed by atoms with E-state index >= 15 is 0 Å². The number of rotatable bonds is 6. The van der Waals surface area contributed by atoms with Crippen molar-refractivity contribution in [3.05, 3.63) is 35.4 Å². The van der Waals surface area contributed by atoms with E-state index in [1.165, 1.54) is 11.1 Å². The molecule has 0 aromatic heterocycles. The van der Waals surface area contributed by atoms with Crippen LogP contribution in [-0.4, -0.2) is 24.2 Å². The summed E-state index contributed by atoms with van der Waals surface area (Å²) in [6, 6.07) is 8.37. The van der Waals surface area contributed by atoms with E-state index in [0.717, 1.165) is 12.8 Å². The summed E-state index contributed by atoms with van der Waals surface area (Å²) in [5.41, 5.74) is 2.52. The third-order valence-electron chi connectivity index (χ3n) is 2.42. The number of carbonyl (C=O) groups is 1. The first-order valence-corrected chi connectivity index (χ1v) is 5.65. The second kappa shape index (κ2) is 7.01. The molecule has 2 N–H and O–H groups in total. The summed E-state index contributed by atoms with van der Waals surface area (Å²) >= 11 is 0. The van der Waals surface area contributed by atoms with E-state index in [0.29, 0.717) is 13.0 Å². The molecule has 0 saturated heterocycles. The van der Waals surface area contributed by atoms with Crippen molar-refractivity contribution in [1.82, 2.24) is 5.32 Å². The van der Waals surface area contributed by atoms with Crippen LogP contribution in [0.5, 0.6) is 0 Å². The first kappa shape index (κ1) is 12.7. The molecule has 1 amide bonds. The fraction of sp³-hybridized carbons (Fsp3) is 0.462. The Morgan fingerprint density at radius 2 is 2.00 bits per heavy atom. The second-order valence-electron chi connectivity index (χ2n) is 3.91. The molecule has 0 aliphatic carbocycles. The molecular formula is C13H19NO2. The molecule has 0 saturated carbocycles. The maximum absolute atomic E-state index is 11.2. The second-order valence-corrected chi connectivity index (χ2v) is 3.91. The Morgan fingerprint density at radius 1 is 1.31 bits per heavy atom. The first-order chi connectivity index (χ1) is 7.72. The molecule has 1 aromatic carbocycles. The predicted octanol–water partition coefficient (Wildman–Crippen LogP) is 1.43. The molecule has 3 heteroatoms. The van der Waals surface area contributed by atoms with Gasteiger partial charge in [-0.1, -0.05) is 29.8 Å². The van der Waals surface area contributed by atoms with Gasteiger partial charge in [0.15, 0.2) is 0 Å². The van der Waals surface area contributed by atoms with Crippen LogP contribution < -0.4 is 5.32 Å². The van der Waals surface area contributed by atoms with Gasteiger partial charge in [-0.3, -0.25) is 4.79 Å². The van der Waals surface area contributed by atoms with Gasteiger partial charge in [0.05, 0.1) is 6.61 Å². The quantitative estimate of drug-likeness (QED) is 0.763. The molecule has 0 radical (unpaired) electrons. The average Bonchev–Trinajstić information content (AvgIpc) is 2.29. The number of hydrogen-bond acceptors (Lipinski definition) is 2. The molecule has 3 nitrogen and oxygen atoms in total. The van der Waals surface area contributed by atoms with Crippen molar-refractivity contribution in [3.8, 4) is 0 Å². The van der Waals surface area contributed by atoms with Crippen LogP contribution in [0.4, 0.5) is 0 Å². The molecule has 0 unspecified atom stereocenters. The van der Waals surface area contributed by atoms with Crippen LogP contribution in [0.25, 0.3) is 0 Å². The third-order valence-corrected chi connectivity index (χ3v) is 2.42. The maximum atomic E-state index is 11.2. The smallest absolute Gasteiger partial charge is 0.220 e.